The molecule has 1 aromatic carbocycles. The zero-order valence-electron chi connectivity index (χ0n) is 12.1. The molecule has 1 aromatic rings. The number of hydrogen-bond donors (Lipinski definition) is 1. The number of benzene rings is 1. The van der Waals surface area contributed by atoms with E-state index in [1.54, 1.807) is 7.11 Å². The molecule has 0 saturated heterocycles. The van der Waals surface area contributed by atoms with E-state index in [0.29, 0.717) is 12.5 Å². The van der Waals surface area contributed by atoms with Crippen molar-refractivity contribution in [1.82, 2.24) is 0 Å². The van der Waals surface area contributed by atoms with E-state index in [0.717, 1.165) is 24.3 Å². The molecule has 1 fully saturated rings. The van der Waals surface area contributed by atoms with E-state index < -0.39 is 5.60 Å². The molecule has 1 saturated carbocycles. The first-order chi connectivity index (χ1) is 9.20. The Balaban J connectivity index is 2.23. The maximum atomic E-state index is 11.2. The number of ether oxygens (including phenoxy) is 1. The molecule has 2 nitrogen and oxygen atoms in total. The predicted octanol–water partition coefficient (Wildman–Crippen LogP) is 3.74. The summed E-state index contributed by atoms with van der Waals surface area (Å²) in [5.74, 6) is 1.07. The van der Waals surface area contributed by atoms with E-state index in [2.05, 4.69) is 6.92 Å². The average molecular weight is 262 g/mol. The van der Waals surface area contributed by atoms with Gasteiger partial charge in [0.1, 0.15) is 5.60 Å². The summed E-state index contributed by atoms with van der Waals surface area (Å²) in [6, 6.07) is 10.0. The molecule has 0 aromatic heterocycles. The van der Waals surface area contributed by atoms with Gasteiger partial charge in [-0.3, -0.25) is 0 Å². The third-order valence-corrected chi connectivity index (χ3v) is 4.67. The van der Waals surface area contributed by atoms with Crippen LogP contribution in [-0.4, -0.2) is 18.8 Å². The van der Waals surface area contributed by atoms with Crippen LogP contribution in [0.3, 0.4) is 0 Å². The summed E-state index contributed by atoms with van der Waals surface area (Å²) in [7, 11) is 1.67. The summed E-state index contributed by atoms with van der Waals surface area (Å²) >= 11 is 0. The second-order valence-electron chi connectivity index (χ2n) is 5.86. The van der Waals surface area contributed by atoms with E-state index in [1.807, 2.05) is 30.3 Å². The molecule has 0 heterocycles. The summed E-state index contributed by atoms with van der Waals surface area (Å²) < 4.78 is 5.33. The molecule has 0 amide bonds. The van der Waals surface area contributed by atoms with Crippen LogP contribution in [0.2, 0.25) is 0 Å². The number of methoxy groups -OCH3 is 1. The van der Waals surface area contributed by atoms with Crippen molar-refractivity contribution >= 4 is 0 Å². The maximum Gasteiger partial charge on any atom is 0.116 e. The SMILES string of the molecule is CCC1CCCC(C(O)(COC)c2ccccc2)C1. The second kappa shape index (κ2) is 6.53. The molecule has 0 aliphatic heterocycles. The maximum absolute atomic E-state index is 11.2. The van der Waals surface area contributed by atoms with E-state index in [9.17, 15) is 5.11 Å². The standard InChI is InChI=1S/C17H26O2/c1-3-14-8-7-11-16(12-14)17(18,13-19-2)15-9-5-4-6-10-15/h4-6,9-10,14,16,18H,3,7-8,11-13H2,1-2H3. The van der Waals surface area contributed by atoms with Crippen molar-refractivity contribution in [3.8, 4) is 0 Å². The van der Waals surface area contributed by atoms with Gasteiger partial charge in [0.15, 0.2) is 0 Å². The van der Waals surface area contributed by atoms with Crippen LogP contribution in [0, 0.1) is 11.8 Å². The summed E-state index contributed by atoms with van der Waals surface area (Å²) in [6.07, 6.45) is 5.97. The molecule has 3 unspecified atom stereocenters. The summed E-state index contributed by atoms with van der Waals surface area (Å²) in [4.78, 5) is 0. The highest BCUT2D eigenvalue weighted by Gasteiger charge is 2.40. The lowest BCUT2D eigenvalue weighted by Gasteiger charge is -2.41. The summed E-state index contributed by atoms with van der Waals surface area (Å²) in [5.41, 5.74) is 0.169. The zero-order chi connectivity index (χ0) is 13.7. The van der Waals surface area contributed by atoms with Gasteiger partial charge in [0.2, 0.25) is 0 Å². The molecule has 0 spiro atoms. The monoisotopic (exact) mass is 262 g/mol. The molecule has 0 radical (unpaired) electrons. The predicted molar refractivity (Wildman–Crippen MR) is 78.0 cm³/mol. The van der Waals surface area contributed by atoms with Crippen LogP contribution in [0.1, 0.15) is 44.6 Å². The third-order valence-electron chi connectivity index (χ3n) is 4.67. The van der Waals surface area contributed by atoms with Crippen molar-refractivity contribution in [2.24, 2.45) is 11.8 Å². The highest BCUT2D eigenvalue weighted by Crippen LogP contribution is 2.42. The second-order valence-corrected chi connectivity index (χ2v) is 5.86. The molecular weight excluding hydrogens is 236 g/mol. The molecule has 106 valence electrons. The molecule has 0 bridgehead atoms. The molecule has 1 aliphatic rings. The van der Waals surface area contributed by atoms with Gasteiger partial charge in [-0.2, -0.15) is 0 Å². The highest BCUT2D eigenvalue weighted by molar-refractivity contribution is 5.23. The molecule has 3 atom stereocenters. The first kappa shape index (κ1) is 14.5. The van der Waals surface area contributed by atoms with E-state index >= 15 is 0 Å². The average Bonchev–Trinajstić information content (AvgIpc) is 2.48. The lowest BCUT2D eigenvalue weighted by Crippen LogP contribution is -2.41. The van der Waals surface area contributed by atoms with Crippen LogP contribution >= 0.6 is 0 Å². The molecule has 1 N–H and O–H groups in total. The summed E-state index contributed by atoms with van der Waals surface area (Å²) in [5, 5.41) is 11.2. The minimum atomic E-state index is -0.830. The Bertz CT molecular complexity index is 376. The summed E-state index contributed by atoms with van der Waals surface area (Å²) in [6.45, 7) is 2.64. The van der Waals surface area contributed by atoms with Crippen molar-refractivity contribution in [3.63, 3.8) is 0 Å². The van der Waals surface area contributed by atoms with Gasteiger partial charge in [0.25, 0.3) is 0 Å². The smallest absolute Gasteiger partial charge is 0.116 e. The fourth-order valence-corrected chi connectivity index (χ4v) is 3.48. The Labute approximate surface area is 116 Å². The van der Waals surface area contributed by atoms with Gasteiger partial charge >= 0.3 is 0 Å². The van der Waals surface area contributed by atoms with Crippen LogP contribution in [0.4, 0.5) is 0 Å². The topological polar surface area (TPSA) is 29.5 Å². The van der Waals surface area contributed by atoms with Gasteiger partial charge in [-0.1, -0.05) is 56.5 Å². The van der Waals surface area contributed by atoms with Gasteiger partial charge < -0.3 is 9.84 Å². The number of aliphatic hydroxyl groups is 1. The lowest BCUT2D eigenvalue weighted by molar-refractivity contribution is -0.0955. The normalized spacial score (nSPS) is 26.9. The van der Waals surface area contributed by atoms with Crippen LogP contribution in [-0.2, 0) is 10.3 Å². The Morgan fingerprint density at radius 2 is 2.00 bits per heavy atom. The molecule has 19 heavy (non-hydrogen) atoms. The Kier molecular flexibility index (Phi) is 5.00. The van der Waals surface area contributed by atoms with E-state index in [1.165, 1.54) is 19.3 Å². The van der Waals surface area contributed by atoms with Gasteiger partial charge in [-0.15, -0.1) is 0 Å². The van der Waals surface area contributed by atoms with Crippen molar-refractivity contribution in [1.29, 1.82) is 0 Å². The minimum Gasteiger partial charge on any atom is -0.382 e. The number of hydrogen-bond acceptors (Lipinski definition) is 2. The van der Waals surface area contributed by atoms with Crippen LogP contribution in [0.5, 0.6) is 0 Å². The zero-order valence-corrected chi connectivity index (χ0v) is 12.1. The van der Waals surface area contributed by atoms with Gasteiger partial charge in [0.05, 0.1) is 6.61 Å². The first-order valence-electron chi connectivity index (χ1n) is 7.47. The fourth-order valence-electron chi connectivity index (χ4n) is 3.48. The van der Waals surface area contributed by atoms with E-state index in [4.69, 9.17) is 4.74 Å². The van der Waals surface area contributed by atoms with Crippen LogP contribution < -0.4 is 0 Å². The highest BCUT2D eigenvalue weighted by atomic mass is 16.5. The molecule has 2 rings (SSSR count). The van der Waals surface area contributed by atoms with Crippen molar-refractivity contribution < 1.29 is 9.84 Å². The molecule has 1 aliphatic carbocycles. The van der Waals surface area contributed by atoms with Gasteiger partial charge in [-0.05, 0) is 30.2 Å². The minimum absolute atomic E-state index is 0.313. The Hall–Kier alpha value is -0.860. The number of rotatable bonds is 5. The van der Waals surface area contributed by atoms with Gasteiger partial charge in [0, 0.05) is 7.11 Å². The van der Waals surface area contributed by atoms with Crippen molar-refractivity contribution in [2.45, 2.75) is 44.6 Å². The quantitative estimate of drug-likeness (QED) is 0.876. The fraction of sp³-hybridized carbons (Fsp3) is 0.647. The third kappa shape index (κ3) is 3.18. The first-order valence-corrected chi connectivity index (χ1v) is 7.47. The molecule has 2 heteroatoms. The van der Waals surface area contributed by atoms with Crippen molar-refractivity contribution in [3.05, 3.63) is 35.9 Å². The van der Waals surface area contributed by atoms with Crippen LogP contribution in [0.15, 0.2) is 30.3 Å². The van der Waals surface area contributed by atoms with E-state index in [-0.39, 0.29) is 0 Å². The molecular formula is C17H26O2. The largest absolute Gasteiger partial charge is 0.382 e. The van der Waals surface area contributed by atoms with Gasteiger partial charge in [-0.25, -0.2) is 0 Å². The van der Waals surface area contributed by atoms with Crippen LogP contribution in [0.25, 0.3) is 0 Å². The lowest BCUT2D eigenvalue weighted by atomic mass is 9.70. The van der Waals surface area contributed by atoms with Crippen molar-refractivity contribution in [2.75, 3.05) is 13.7 Å². The Morgan fingerprint density at radius 3 is 2.63 bits per heavy atom. The Morgan fingerprint density at radius 1 is 1.26 bits per heavy atom.